The van der Waals surface area contributed by atoms with Crippen LogP contribution in [0.15, 0.2) is 42.5 Å². The van der Waals surface area contributed by atoms with Crippen molar-refractivity contribution in [1.82, 2.24) is 5.32 Å². The fraction of sp³-hybridized carbons (Fsp3) is 0.435. The van der Waals surface area contributed by atoms with Crippen LogP contribution in [0.3, 0.4) is 0 Å². The van der Waals surface area contributed by atoms with Crippen molar-refractivity contribution in [3.05, 3.63) is 53.6 Å². The number of nitrogens with one attached hydrogen (secondary N) is 2. The van der Waals surface area contributed by atoms with Gasteiger partial charge in [-0.2, -0.15) is 13.2 Å². The number of carbonyl (C=O) groups is 1. The maximum atomic E-state index is 13.3. The van der Waals surface area contributed by atoms with E-state index in [1.807, 2.05) is 29.2 Å². The Kier molecular flexibility index (Phi) is 6.45. The zero-order valence-electron chi connectivity index (χ0n) is 17.7. The number of carbonyl (C=O) groups excluding carboxylic acids is 1. The van der Waals surface area contributed by atoms with Crippen molar-refractivity contribution in [2.45, 2.75) is 25.1 Å². The molecule has 2 aromatic carbocycles. The third-order valence-electron chi connectivity index (χ3n) is 5.78. The molecule has 4 rings (SSSR count). The second-order valence-electron chi connectivity index (χ2n) is 8.02. The summed E-state index contributed by atoms with van der Waals surface area (Å²) in [6.45, 7) is 2.04. The predicted molar refractivity (Wildman–Crippen MR) is 115 cm³/mol. The van der Waals surface area contributed by atoms with E-state index in [1.165, 1.54) is 6.07 Å². The first-order valence-electron chi connectivity index (χ1n) is 10.6. The number of rotatable bonds is 6. The van der Waals surface area contributed by atoms with Gasteiger partial charge in [0.1, 0.15) is 5.75 Å². The molecular weight excluding hydrogens is 423 g/mol. The van der Waals surface area contributed by atoms with Gasteiger partial charge in [-0.05, 0) is 54.7 Å². The second-order valence-corrected chi connectivity index (χ2v) is 8.02. The number of hydrogen-bond donors (Lipinski definition) is 2. The molecule has 1 heterocycles. The molecule has 2 amide bonds. The van der Waals surface area contributed by atoms with Crippen molar-refractivity contribution in [2.24, 2.45) is 5.92 Å². The topological polar surface area (TPSA) is 62.8 Å². The van der Waals surface area contributed by atoms with Gasteiger partial charge in [-0.3, -0.25) is 0 Å². The number of anilines is 2. The Bertz CT molecular complexity index is 940. The summed E-state index contributed by atoms with van der Waals surface area (Å²) in [7, 11) is 1.58. The molecule has 32 heavy (non-hydrogen) atoms. The Morgan fingerprint density at radius 2 is 1.81 bits per heavy atom. The van der Waals surface area contributed by atoms with Crippen LogP contribution in [0.4, 0.5) is 29.3 Å². The number of halogens is 3. The molecule has 1 aliphatic carbocycles. The third kappa shape index (κ3) is 5.27. The summed E-state index contributed by atoms with van der Waals surface area (Å²) in [5.41, 5.74) is 0.798. The minimum atomic E-state index is -4.50. The van der Waals surface area contributed by atoms with E-state index in [0.717, 1.165) is 30.5 Å². The molecule has 0 aromatic heterocycles. The summed E-state index contributed by atoms with van der Waals surface area (Å²) in [4.78, 5) is 14.8. The highest BCUT2D eigenvalue weighted by Gasteiger charge is 2.34. The monoisotopic (exact) mass is 449 g/mol. The molecule has 172 valence electrons. The molecule has 2 N–H and O–H groups in total. The third-order valence-corrected chi connectivity index (χ3v) is 5.78. The van der Waals surface area contributed by atoms with E-state index in [4.69, 9.17) is 9.47 Å². The Morgan fingerprint density at radius 3 is 2.41 bits per heavy atom. The number of benzene rings is 2. The quantitative estimate of drug-likeness (QED) is 0.664. The molecule has 1 unspecified atom stereocenters. The number of amides is 2. The highest BCUT2D eigenvalue weighted by molar-refractivity contribution is 5.93. The van der Waals surface area contributed by atoms with Gasteiger partial charge < -0.3 is 25.0 Å². The van der Waals surface area contributed by atoms with Gasteiger partial charge in [0.15, 0.2) is 0 Å². The molecule has 1 atom stereocenters. The summed E-state index contributed by atoms with van der Waals surface area (Å²) in [6.07, 6.45) is -2.53. The van der Waals surface area contributed by atoms with Crippen LogP contribution in [0.2, 0.25) is 0 Å². The lowest BCUT2D eigenvalue weighted by Gasteiger charge is -2.31. The van der Waals surface area contributed by atoms with E-state index < -0.39 is 17.8 Å². The number of methoxy groups -OCH3 is 1. The van der Waals surface area contributed by atoms with Gasteiger partial charge in [0.2, 0.25) is 0 Å². The standard InChI is InChI=1S/C23H26F3N3O3/c1-31-18-7-4-16(5-8-18)21(15-2-3-15)28-22(30)27-19-14-17(23(24,25)26)6-9-20(19)29-10-12-32-13-11-29/h4-9,14-15,21H,2-3,10-13H2,1H3,(H2,27,28,30). The van der Waals surface area contributed by atoms with Gasteiger partial charge in [-0.1, -0.05) is 12.1 Å². The summed E-state index contributed by atoms with van der Waals surface area (Å²) >= 11 is 0. The number of hydrogen-bond acceptors (Lipinski definition) is 4. The lowest BCUT2D eigenvalue weighted by Crippen LogP contribution is -2.38. The van der Waals surface area contributed by atoms with E-state index in [2.05, 4.69) is 10.6 Å². The molecule has 0 radical (unpaired) electrons. The van der Waals surface area contributed by atoms with Crippen molar-refractivity contribution < 1.29 is 27.4 Å². The molecule has 2 fully saturated rings. The molecule has 1 aliphatic heterocycles. The maximum absolute atomic E-state index is 13.3. The number of alkyl halides is 3. The van der Waals surface area contributed by atoms with Crippen LogP contribution in [0.1, 0.15) is 30.0 Å². The van der Waals surface area contributed by atoms with Crippen molar-refractivity contribution in [1.29, 1.82) is 0 Å². The summed E-state index contributed by atoms with van der Waals surface area (Å²) in [5, 5.41) is 5.62. The van der Waals surface area contributed by atoms with Crippen LogP contribution in [0, 0.1) is 5.92 Å². The Balaban J connectivity index is 1.54. The lowest BCUT2D eigenvalue weighted by atomic mass is 10.0. The van der Waals surface area contributed by atoms with Gasteiger partial charge in [0, 0.05) is 13.1 Å². The molecule has 1 saturated carbocycles. The van der Waals surface area contributed by atoms with Gasteiger partial charge in [-0.25, -0.2) is 4.79 Å². The number of ether oxygens (including phenoxy) is 2. The Labute approximate surface area is 184 Å². The average molecular weight is 449 g/mol. The molecule has 0 bridgehead atoms. The summed E-state index contributed by atoms with van der Waals surface area (Å²) in [6, 6.07) is 10.1. The lowest BCUT2D eigenvalue weighted by molar-refractivity contribution is -0.137. The minimum absolute atomic E-state index is 0.128. The van der Waals surface area contributed by atoms with Crippen LogP contribution in [-0.2, 0) is 10.9 Å². The zero-order chi connectivity index (χ0) is 22.7. The van der Waals surface area contributed by atoms with E-state index in [9.17, 15) is 18.0 Å². The first-order valence-corrected chi connectivity index (χ1v) is 10.6. The number of morpholine rings is 1. The number of urea groups is 1. The Hall–Kier alpha value is -2.94. The van der Waals surface area contributed by atoms with Crippen LogP contribution in [0.5, 0.6) is 5.75 Å². The van der Waals surface area contributed by atoms with E-state index in [1.54, 1.807) is 7.11 Å². The van der Waals surface area contributed by atoms with Gasteiger partial charge in [0.05, 0.1) is 43.3 Å². The predicted octanol–water partition coefficient (Wildman–Crippen LogP) is 4.82. The fourth-order valence-corrected chi connectivity index (χ4v) is 3.91. The molecule has 2 aliphatic rings. The molecule has 6 nitrogen and oxygen atoms in total. The molecular formula is C23H26F3N3O3. The van der Waals surface area contributed by atoms with Crippen molar-refractivity contribution in [2.75, 3.05) is 43.6 Å². The van der Waals surface area contributed by atoms with Crippen LogP contribution in [0.25, 0.3) is 0 Å². The zero-order valence-corrected chi connectivity index (χ0v) is 17.7. The van der Waals surface area contributed by atoms with Crippen molar-refractivity contribution in [3.8, 4) is 5.75 Å². The average Bonchev–Trinajstić information content (AvgIpc) is 3.63. The van der Waals surface area contributed by atoms with Crippen LogP contribution in [-0.4, -0.2) is 39.4 Å². The Morgan fingerprint density at radius 1 is 1.12 bits per heavy atom. The molecule has 2 aromatic rings. The summed E-state index contributed by atoms with van der Waals surface area (Å²) < 4.78 is 50.5. The highest BCUT2D eigenvalue weighted by atomic mass is 19.4. The van der Waals surface area contributed by atoms with Crippen LogP contribution < -0.4 is 20.3 Å². The van der Waals surface area contributed by atoms with E-state index >= 15 is 0 Å². The molecule has 0 spiro atoms. The second kappa shape index (κ2) is 9.28. The number of nitrogens with zero attached hydrogens (tertiary/aromatic N) is 1. The maximum Gasteiger partial charge on any atom is 0.416 e. The van der Waals surface area contributed by atoms with Gasteiger partial charge >= 0.3 is 12.2 Å². The largest absolute Gasteiger partial charge is 0.497 e. The first-order chi connectivity index (χ1) is 15.3. The van der Waals surface area contributed by atoms with Gasteiger partial charge in [-0.15, -0.1) is 0 Å². The van der Waals surface area contributed by atoms with Gasteiger partial charge in [0.25, 0.3) is 0 Å². The minimum Gasteiger partial charge on any atom is -0.497 e. The smallest absolute Gasteiger partial charge is 0.416 e. The molecule has 9 heteroatoms. The van der Waals surface area contributed by atoms with E-state index in [0.29, 0.717) is 43.7 Å². The van der Waals surface area contributed by atoms with Crippen LogP contribution >= 0.6 is 0 Å². The van der Waals surface area contributed by atoms with Crippen molar-refractivity contribution in [3.63, 3.8) is 0 Å². The van der Waals surface area contributed by atoms with E-state index in [-0.39, 0.29) is 11.7 Å². The highest BCUT2D eigenvalue weighted by Crippen LogP contribution is 2.41. The fourth-order valence-electron chi connectivity index (χ4n) is 3.91. The van der Waals surface area contributed by atoms with Crippen molar-refractivity contribution >= 4 is 17.4 Å². The first kappa shape index (κ1) is 22.3. The SMILES string of the molecule is COc1ccc(C(NC(=O)Nc2cc(C(F)(F)F)ccc2N2CCOCC2)C2CC2)cc1. The molecule has 1 saturated heterocycles. The normalized spacial score (nSPS) is 17.6. The summed E-state index contributed by atoms with van der Waals surface area (Å²) in [5.74, 6) is 1.02.